The lowest BCUT2D eigenvalue weighted by Gasteiger charge is -2.17. The van der Waals surface area contributed by atoms with Gasteiger partial charge in [-0.2, -0.15) is 5.10 Å². The number of nitrogens with zero attached hydrogens (tertiary/aromatic N) is 4. The van der Waals surface area contributed by atoms with Crippen LogP contribution in [-0.4, -0.2) is 32.3 Å². The summed E-state index contributed by atoms with van der Waals surface area (Å²) in [6.45, 7) is 2.55. The molecule has 9 heteroatoms. The van der Waals surface area contributed by atoms with Crippen molar-refractivity contribution < 1.29 is 0 Å². The van der Waals surface area contributed by atoms with Gasteiger partial charge in [0.1, 0.15) is 12.5 Å². The molecule has 0 aliphatic carbocycles. The molecular weight excluding hydrogens is 433 g/mol. The third kappa shape index (κ3) is 3.89. The van der Waals surface area contributed by atoms with E-state index >= 15 is 0 Å². The number of hydrogen-bond donors (Lipinski definition) is 3. The van der Waals surface area contributed by atoms with Crippen molar-refractivity contribution in [1.82, 2.24) is 30.2 Å². The fraction of sp³-hybridized carbons (Fsp3) is 0.136. The van der Waals surface area contributed by atoms with Crippen molar-refractivity contribution in [2.45, 2.75) is 13.1 Å². The van der Waals surface area contributed by atoms with Gasteiger partial charge >= 0.3 is 0 Å². The largest absolute Gasteiger partial charge is 0.380 e. The highest BCUT2D eigenvalue weighted by atomic mass is 35.5. The number of rotatable bonds is 5. The third-order valence-electron chi connectivity index (χ3n) is 5.04. The molecule has 5 rings (SSSR count). The van der Waals surface area contributed by atoms with Crippen molar-refractivity contribution in [1.29, 1.82) is 0 Å². The maximum atomic E-state index is 6.32. The molecule has 31 heavy (non-hydrogen) atoms. The summed E-state index contributed by atoms with van der Waals surface area (Å²) < 4.78 is 1.75. The molecule has 4 heterocycles. The lowest BCUT2D eigenvalue weighted by molar-refractivity contribution is 0.607. The number of hydrogen-bond acceptors (Lipinski definition) is 6. The minimum Gasteiger partial charge on any atom is -0.380 e. The van der Waals surface area contributed by atoms with Crippen molar-refractivity contribution >= 4 is 45.9 Å². The second-order valence-corrected chi connectivity index (χ2v) is 8.00. The number of fused-ring (bicyclic) bond motifs is 1. The molecule has 0 fully saturated rings. The minimum absolute atomic E-state index is 0.0891. The minimum atomic E-state index is -0.0891. The molecule has 156 valence electrons. The topological polar surface area (TPSA) is 79.2 Å². The normalized spacial score (nSPS) is 15.8. The fourth-order valence-corrected chi connectivity index (χ4v) is 3.93. The van der Waals surface area contributed by atoms with Crippen LogP contribution in [0.4, 0.5) is 5.69 Å². The van der Waals surface area contributed by atoms with E-state index in [2.05, 4.69) is 26.0 Å². The summed E-state index contributed by atoms with van der Waals surface area (Å²) in [5, 5.41) is 15.8. The maximum Gasteiger partial charge on any atom is 0.155 e. The van der Waals surface area contributed by atoms with E-state index in [1.54, 1.807) is 10.6 Å². The number of halogens is 2. The molecule has 1 atom stereocenters. The first-order valence-corrected chi connectivity index (χ1v) is 10.5. The number of anilines is 1. The Kier molecular flexibility index (Phi) is 5.13. The van der Waals surface area contributed by atoms with Crippen molar-refractivity contribution in [2.24, 2.45) is 0 Å². The zero-order valence-electron chi connectivity index (χ0n) is 16.6. The van der Waals surface area contributed by atoms with Crippen molar-refractivity contribution in [3.05, 3.63) is 88.1 Å². The summed E-state index contributed by atoms with van der Waals surface area (Å²) in [6.07, 6.45) is 3.40. The smallest absolute Gasteiger partial charge is 0.155 e. The van der Waals surface area contributed by atoms with E-state index in [1.165, 1.54) is 6.33 Å². The molecule has 1 aliphatic heterocycles. The molecule has 0 saturated heterocycles. The number of benzene rings is 1. The highest BCUT2D eigenvalue weighted by molar-refractivity contribution is 6.43. The third-order valence-corrected chi connectivity index (χ3v) is 5.86. The summed E-state index contributed by atoms with van der Waals surface area (Å²) in [5.41, 5.74) is 6.23. The second kappa shape index (κ2) is 8.09. The van der Waals surface area contributed by atoms with Crippen LogP contribution in [0.1, 0.15) is 17.0 Å². The first-order chi connectivity index (χ1) is 15.1. The van der Waals surface area contributed by atoms with Crippen LogP contribution in [-0.2, 0) is 0 Å². The van der Waals surface area contributed by atoms with Gasteiger partial charge in [0, 0.05) is 17.5 Å². The summed E-state index contributed by atoms with van der Waals surface area (Å²) in [5.74, 6) is 0. The number of nitrogens with one attached hydrogen (secondary N) is 3. The van der Waals surface area contributed by atoms with Gasteiger partial charge in [0.05, 0.1) is 39.4 Å². The Balaban J connectivity index is 1.46. The summed E-state index contributed by atoms with van der Waals surface area (Å²) in [6, 6.07) is 15.5. The average molecular weight is 452 g/mol. The molecule has 0 amide bonds. The van der Waals surface area contributed by atoms with Crippen molar-refractivity contribution in [3.63, 3.8) is 0 Å². The van der Waals surface area contributed by atoms with E-state index in [1.807, 2.05) is 55.6 Å². The first-order valence-electron chi connectivity index (χ1n) is 9.77. The Morgan fingerprint density at radius 2 is 1.87 bits per heavy atom. The molecule has 3 N–H and O–H groups in total. The van der Waals surface area contributed by atoms with E-state index in [0.717, 1.165) is 39.7 Å². The van der Waals surface area contributed by atoms with Crippen LogP contribution in [0.25, 0.3) is 17.0 Å². The van der Waals surface area contributed by atoms with Gasteiger partial charge < -0.3 is 16.0 Å². The number of aryl methyl sites for hydroxylation is 1. The van der Waals surface area contributed by atoms with Gasteiger partial charge in [-0.15, -0.1) is 0 Å². The molecule has 1 aromatic carbocycles. The zero-order valence-corrected chi connectivity index (χ0v) is 18.1. The molecular formula is C22H19Cl2N7. The molecule has 1 unspecified atom stereocenters. The Labute approximate surface area is 189 Å². The molecule has 0 saturated carbocycles. The van der Waals surface area contributed by atoms with Crippen molar-refractivity contribution in [3.8, 4) is 0 Å². The maximum absolute atomic E-state index is 6.32. The Morgan fingerprint density at radius 3 is 2.74 bits per heavy atom. The Bertz CT molecular complexity index is 1300. The van der Waals surface area contributed by atoms with E-state index in [0.29, 0.717) is 16.6 Å². The van der Waals surface area contributed by atoms with E-state index in [9.17, 15) is 0 Å². The van der Waals surface area contributed by atoms with Gasteiger partial charge in [-0.3, -0.25) is 4.98 Å². The Hall–Kier alpha value is -3.29. The van der Waals surface area contributed by atoms with Gasteiger partial charge in [-0.1, -0.05) is 35.3 Å². The lowest BCUT2D eigenvalue weighted by Crippen LogP contribution is -2.39. The predicted molar refractivity (Wildman–Crippen MR) is 124 cm³/mol. The van der Waals surface area contributed by atoms with Gasteiger partial charge in [0.25, 0.3) is 0 Å². The van der Waals surface area contributed by atoms with Gasteiger partial charge in [0.15, 0.2) is 5.65 Å². The van der Waals surface area contributed by atoms with E-state index < -0.39 is 0 Å². The van der Waals surface area contributed by atoms with E-state index in [4.69, 9.17) is 28.2 Å². The van der Waals surface area contributed by atoms with Crippen LogP contribution in [0.3, 0.4) is 0 Å². The fourth-order valence-electron chi connectivity index (χ4n) is 3.56. The molecule has 4 aromatic rings. The zero-order chi connectivity index (χ0) is 21.4. The molecule has 1 aliphatic rings. The SMILES string of the molecule is Cc1cccc(C2=C(c3ccc4ncnn4c3)NC(CNc3cccc(Cl)c3Cl)N2)n1. The van der Waals surface area contributed by atoms with Crippen molar-refractivity contribution in [2.75, 3.05) is 11.9 Å². The number of pyridine rings is 2. The molecule has 7 nitrogen and oxygen atoms in total. The predicted octanol–water partition coefficient (Wildman–Crippen LogP) is 4.20. The number of aromatic nitrogens is 4. The van der Waals surface area contributed by atoms with Gasteiger partial charge in [0.2, 0.25) is 0 Å². The lowest BCUT2D eigenvalue weighted by atomic mass is 10.1. The van der Waals surface area contributed by atoms with Crippen LogP contribution in [0.15, 0.2) is 61.1 Å². The second-order valence-electron chi connectivity index (χ2n) is 7.22. The van der Waals surface area contributed by atoms with Crippen LogP contribution in [0.2, 0.25) is 10.0 Å². The first kappa shape index (κ1) is 19.7. The monoisotopic (exact) mass is 451 g/mol. The highest BCUT2D eigenvalue weighted by Gasteiger charge is 2.26. The summed E-state index contributed by atoms with van der Waals surface area (Å²) in [7, 11) is 0. The molecule has 0 radical (unpaired) electrons. The highest BCUT2D eigenvalue weighted by Crippen LogP contribution is 2.30. The van der Waals surface area contributed by atoms with Crippen LogP contribution >= 0.6 is 23.2 Å². The molecule has 0 spiro atoms. The molecule has 3 aromatic heterocycles. The standard InChI is InChI=1S/C22H19Cl2N7/c1-13-4-2-7-17(28-13)22-21(14-8-9-19-26-12-27-31(19)11-14)29-18(30-22)10-25-16-6-3-5-15(23)20(16)24/h2-9,11-12,18,25,29-30H,10H2,1H3. The Morgan fingerprint density at radius 1 is 1.03 bits per heavy atom. The van der Waals surface area contributed by atoms with Gasteiger partial charge in [-0.25, -0.2) is 9.50 Å². The van der Waals surface area contributed by atoms with Crippen LogP contribution < -0.4 is 16.0 Å². The average Bonchev–Trinajstić information content (AvgIpc) is 3.41. The summed E-state index contributed by atoms with van der Waals surface area (Å²) in [4.78, 5) is 8.93. The van der Waals surface area contributed by atoms with E-state index in [-0.39, 0.29) is 6.17 Å². The molecule has 0 bridgehead atoms. The van der Waals surface area contributed by atoms with Gasteiger partial charge in [-0.05, 0) is 43.3 Å². The summed E-state index contributed by atoms with van der Waals surface area (Å²) >= 11 is 12.5. The van der Waals surface area contributed by atoms with Crippen LogP contribution in [0, 0.1) is 6.92 Å². The van der Waals surface area contributed by atoms with Crippen LogP contribution in [0.5, 0.6) is 0 Å². The quantitative estimate of drug-likeness (QED) is 0.422.